The Kier molecular flexibility index (Phi) is 4.91. The fraction of sp³-hybridized carbons (Fsp3) is 0.412. The average molecular weight is 363 g/mol. The van der Waals surface area contributed by atoms with E-state index in [1.165, 1.54) is 18.2 Å². The molecule has 1 amide bonds. The third kappa shape index (κ3) is 3.74. The van der Waals surface area contributed by atoms with E-state index in [1.54, 1.807) is 23.4 Å². The molecule has 0 unspecified atom stereocenters. The van der Waals surface area contributed by atoms with E-state index < -0.39 is 15.9 Å². The van der Waals surface area contributed by atoms with E-state index in [9.17, 15) is 13.2 Å². The number of aromatic nitrogens is 1. The van der Waals surface area contributed by atoms with E-state index in [0.29, 0.717) is 18.0 Å². The smallest absolute Gasteiger partial charge is 0.277 e. The molecule has 25 heavy (non-hydrogen) atoms. The zero-order valence-corrected chi connectivity index (χ0v) is 15.0. The predicted octanol–water partition coefficient (Wildman–Crippen LogP) is 2.80. The summed E-state index contributed by atoms with van der Waals surface area (Å²) in [5, 5.41) is 6.32. The molecule has 134 valence electrons. The lowest BCUT2D eigenvalue weighted by Crippen LogP contribution is -2.41. The lowest BCUT2D eigenvalue weighted by molar-refractivity contribution is 0.101. The zero-order chi connectivity index (χ0) is 18.0. The van der Waals surface area contributed by atoms with Crippen molar-refractivity contribution in [3.05, 3.63) is 41.8 Å². The number of carbonyl (C=O) groups is 1. The number of nitrogens with zero attached hydrogens (tertiary/aromatic N) is 2. The molecule has 1 atom stereocenters. The first-order valence-electron chi connectivity index (χ1n) is 8.24. The van der Waals surface area contributed by atoms with E-state index in [4.69, 9.17) is 4.52 Å². The molecule has 1 aliphatic heterocycles. The molecule has 1 saturated heterocycles. The Morgan fingerprint density at radius 2 is 2.00 bits per heavy atom. The summed E-state index contributed by atoms with van der Waals surface area (Å²) >= 11 is 0. The minimum absolute atomic E-state index is 0.00790. The number of benzene rings is 1. The third-order valence-corrected chi connectivity index (χ3v) is 6.35. The van der Waals surface area contributed by atoms with Crippen molar-refractivity contribution in [2.75, 3.05) is 11.9 Å². The number of aryl methyl sites for hydroxylation is 1. The molecule has 0 radical (unpaired) electrons. The molecule has 7 nitrogen and oxygen atoms in total. The van der Waals surface area contributed by atoms with Gasteiger partial charge < -0.3 is 9.84 Å². The zero-order valence-electron chi connectivity index (χ0n) is 14.2. The van der Waals surface area contributed by atoms with Crippen LogP contribution in [0.4, 0.5) is 5.69 Å². The molecule has 8 heteroatoms. The maximum Gasteiger partial charge on any atom is 0.277 e. The summed E-state index contributed by atoms with van der Waals surface area (Å²) in [4.78, 5) is 12.3. The van der Waals surface area contributed by atoms with E-state index in [0.717, 1.165) is 19.3 Å². The van der Waals surface area contributed by atoms with Gasteiger partial charge in [0.25, 0.3) is 5.91 Å². The van der Waals surface area contributed by atoms with Crippen LogP contribution in [0.25, 0.3) is 0 Å². The van der Waals surface area contributed by atoms with Crippen molar-refractivity contribution in [1.29, 1.82) is 0 Å². The molecular formula is C17H21N3O4S. The fourth-order valence-electron chi connectivity index (χ4n) is 2.94. The van der Waals surface area contributed by atoms with Crippen LogP contribution >= 0.6 is 0 Å². The van der Waals surface area contributed by atoms with Crippen LogP contribution in [0.5, 0.6) is 0 Å². The Morgan fingerprint density at radius 3 is 2.60 bits per heavy atom. The van der Waals surface area contributed by atoms with Crippen LogP contribution in [0.15, 0.2) is 39.8 Å². The number of hydrogen-bond donors (Lipinski definition) is 1. The van der Waals surface area contributed by atoms with Crippen molar-refractivity contribution in [3.8, 4) is 0 Å². The topological polar surface area (TPSA) is 92.5 Å². The number of hydrogen-bond acceptors (Lipinski definition) is 5. The third-order valence-electron chi connectivity index (χ3n) is 4.32. The monoisotopic (exact) mass is 363 g/mol. The molecular weight excluding hydrogens is 342 g/mol. The Labute approximate surface area is 147 Å². The summed E-state index contributed by atoms with van der Waals surface area (Å²) in [5.74, 6) is 0.138. The van der Waals surface area contributed by atoms with Gasteiger partial charge in [0.1, 0.15) is 5.76 Å². The maximum atomic E-state index is 12.8. The normalized spacial score (nSPS) is 18.9. The van der Waals surface area contributed by atoms with E-state index in [1.807, 2.05) is 6.92 Å². The number of anilines is 1. The Morgan fingerprint density at radius 1 is 1.28 bits per heavy atom. The molecule has 1 aromatic carbocycles. The van der Waals surface area contributed by atoms with Gasteiger partial charge in [-0.05, 0) is 51.0 Å². The molecule has 0 aliphatic carbocycles. The lowest BCUT2D eigenvalue weighted by atomic mass is 10.1. The first-order chi connectivity index (χ1) is 11.9. The van der Waals surface area contributed by atoms with Gasteiger partial charge in [-0.15, -0.1) is 0 Å². The van der Waals surface area contributed by atoms with Crippen LogP contribution in [-0.4, -0.2) is 36.4 Å². The highest BCUT2D eigenvalue weighted by molar-refractivity contribution is 7.89. The van der Waals surface area contributed by atoms with Crippen LogP contribution in [0.3, 0.4) is 0 Å². The fourth-order valence-corrected chi connectivity index (χ4v) is 4.64. The molecule has 1 aromatic heterocycles. The highest BCUT2D eigenvalue weighted by Crippen LogP contribution is 2.26. The number of rotatable bonds is 4. The van der Waals surface area contributed by atoms with Crippen LogP contribution in [0.2, 0.25) is 0 Å². The van der Waals surface area contributed by atoms with Crippen LogP contribution in [0.1, 0.15) is 42.4 Å². The standard InChI is InChI=1S/C17H21N3O4S/c1-12-5-3-4-10-20(12)25(22,23)15-8-6-14(7-9-15)18-17(21)16-11-13(2)24-19-16/h6-9,11-12H,3-5,10H2,1-2H3,(H,18,21)/t12-/m0/s1. The van der Waals surface area contributed by atoms with Crippen molar-refractivity contribution in [1.82, 2.24) is 9.46 Å². The highest BCUT2D eigenvalue weighted by Gasteiger charge is 2.30. The first kappa shape index (κ1) is 17.6. The minimum atomic E-state index is -3.51. The van der Waals surface area contributed by atoms with Crippen LogP contribution in [-0.2, 0) is 10.0 Å². The summed E-state index contributed by atoms with van der Waals surface area (Å²) in [7, 11) is -3.51. The van der Waals surface area contributed by atoms with E-state index in [2.05, 4.69) is 10.5 Å². The molecule has 3 rings (SSSR count). The van der Waals surface area contributed by atoms with Crippen LogP contribution in [0, 0.1) is 6.92 Å². The Bertz CT molecular complexity index is 858. The number of piperidine rings is 1. The molecule has 1 N–H and O–H groups in total. The van der Waals surface area contributed by atoms with Crippen molar-refractivity contribution >= 4 is 21.6 Å². The second kappa shape index (κ2) is 6.97. The minimum Gasteiger partial charge on any atom is -0.361 e. The molecule has 1 aliphatic rings. The van der Waals surface area contributed by atoms with Gasteiger partial charge in [-0.1, -0.05) is 11.6 Å². The van der Waals surface area contributed by atoms with Crippen molar-refractivity contribution in [3.63, 3.8) is 0 Å². The van der Waals surface area contributed by atoms with E-state index >= 15 is 0 Å². The quantitative estimate of drug-likeness (QED) is 0.902. The molecule has 0 saturated carbocycles. The molecule has 2 aromatic rings. The van der Waals surface area contributed by atoms with Gasteiger partial charge in [0.2, 0.25) is 10.0 Å². The predicted molar refractivity (Wildman–Crippen MR) is 92.8 cm³/mol. The number of carbonyl (C=O) groups excluding carboxylic acids is 1. The summed E-state index contributed by atoms with van der Waals surface area (Å²) in [6, 6.07) is 7.72. The summed E-state index contributed by atoms with van der Waals surface area (Å²) < 4.78 is 32.0. The number of nitrogens with one attached hydrogen (secondary N) is 1. The SMILES string of the molecule is Cc1cc(C(=O)Nc2ccc(S(=O)(=O)N3CCCC[C@@H]3C)cc2)no1. The van der Waals surface area contributed by atoms with Gasteiger partial charge in [-0.25, -0.2) is 8.42 Å². The van der Waals surface area contributed by atoms with Crippen molar-refractivity contribution < 1.29 is 17.7 Å². The van der Waals surface area contributed by atoms with Gasteiger partial charge in [-0.2, -0.15) is 4.31 Å². The Hall–Kier alpha value is -2.19. The van der Waals surface area contributed by atoms with Crippen molar-refractivity contribution in [2.24, 2.45) is 0 Å². The van der Waals surface area contributed by atoms with Crippen LogP contribution < -0.4 is 5.32 Å². The van der Waals surface area contributed by atoms with E-state index in [-0.39, 0.29) is 16.6 Å². The van der Waals surface area contributed by atoms with Gasteiger partial charge in [-0.3, -0.25) is 4.79 Å². The highest BCUT2D eigenvalue weighted by atomic mass is 32.2. The number of amides is 1. The summed E-state index contributed by atoms with van der Waals surface area (Å²) in [6.07, 6.45) is 2.82. The number of sulfonamides is 1. The van der Waals surface area contributed by atoms with Gasteiger partial charge >= 0.3 is 0 Å². The van der Waals surface area contributed by atoms with Gasteiger partial charge in [0.05, 0.1) is 4.90 Å². The molecule has 0 spiro atoms. The second-order valence-electron chi connectivity index (χ2n) is 6.26. The largest absolute Gasteiger partial charge is 0.361 e. The Balaban J connectivity index is 1.74. The van der Waals surface area contributed by atoms with Crippen molar-refractivity contribution in [2.45, 2.75) is 44.0 Å². The summed E-state index contributed by atoms with van der Waals surface area (Å²) in [6.45, 7) is 4.18. The molecule has 1 fully saturated rings. The second-order valence-corrected chi connectivity index (χ2v) is 8.15. The molecule has 0 bridgehead atoms. The van der Waals surface area contributed by atoms with Gasteiger partial charge in [0, 0.05) is 24.3 Å². The molecule has 2 heterocycles. The van der Waals surface area contributed by atoms with Gasteiger partial charge in [0.15, 0.2) is 5.69 Å². The lowest BCUT2D eigenvalue weighted by Gasteiger charge is -2.32. The maximum absolute atomic E-state index is 12.8. The first-order valence-corrected chi connectivity index (χ1v) is 9.68. The average Bonchev–Trinajstić information content (AvgIpc) is 3.02. The summed E-state index contributed by atoms with van der Waals surface area (Å²) in [5.41, 5.74) is 0.674.